The van der Waals surface area contributed by atoms with Crippen molar-refractivity contribution in [2.45, 2.75) is 45.3 Å². The molecule has 0 saturated carbocycles. The molecule has 3 aromatic carbocycles. The Balaban J connectivity index is 1.38. The maximum absolute atomic E-state index is 13.4. The van der Waals surface area contributed by atoms with E-state index in [9.17, 15) is 9.59 Å². The topological polar surface area (TPSA) is 70.7 Å². The summed E-state index contributed by atoms with van der Waals surface area (Å²) in [5, 5.41) is 6.03. The van der Waals surface area contributed by atoms with Crippen molar-refractivity contribution < 1.29 is 14.3 Å². The van der Waals surface area contributed by atoms with Gasteiger partial charge in [-0.15, -0.1) is 0 Å². The number of hydrogen-bond acceptors (Lipinski definition) is 4. The largest absolute Gasteiger partial charge is 0.376 e. The van der Waals surface area contributed by atoms with Crippen LogP contribution in [-0.4, -0.2) is 37.6 Å². The third-order valence-corrected chi connectivity index (χ3v) is 7.11. The fraction of sp³-hybridized carbons (Fsp3) is 0.333. The van der Waals surface area contributed by atoms with E-state index in [0.717, 1.165) is 51.1 Å². The molecule has 1 saturated heterocycles. The number of benzene rings is 3. The zero-order valence-corrected chi connectivity index (χ0v) is 20.8. The summed E-state index contributed by atoms with van der Waals surface area (Å²) < 4.78 is 5.68. The van der Waals surface area contributed by atoms with E-state index in [1.807, 2.05) is 36.4 Å². The highest BCUT2D eigenvalue weighted by atomic mass is 16.5. The molecule has 1 fully saturated rings. The van der Waals surface area contributed by atoms with E-state index in [0.29, 0.717) is 23.4 Å². The molecule has 2 aliphatic heterocycles. The summed E-state index contributed by atoms with van der Waals surface area (Å²) >= 11 is 0. The van der Waals surface area contributed by atoms with E-state index in [1.54, 1.807) is 6.07 Å². The molecule has 0 spiro atoms. The van der Waals surface area contributed by atoms with E-state index in [2.05, 4.69) is 46.7 Å². The van der Waals surface area contributed by atoms with Gasteiger partial charge in [0.2, 0.25) is 0 Å². The first kappa shape index (κ1) is 24.1. The number of carbonyl (C=O) groups excluding carboxylic acids is 2. The molecule has 6 heteroatoms. The molecule has 2 heterocycles. The molecule has 0 aromatic heterocycles. The number of rotatable bonds is 7. The average Bonchev–Trinajstić information content (AvgIpc) is 3.45. The first-order valence-electron chi connectivity index (χ1n) is 12.9. The molecular formula is C30H33N3O3. The maximum Gasteiger partial charge on any atom is 0.255 e. The van der Waals surface area contributed by atoms with Crippen molar-refractivity contribution in [3.05, 3.63) is 94.5 Å². The number of nitrogens with one attached hydrogen (secondary N) is 2. The Morgan fingerprint density at radius 3 is 2.56 bits per heavy atom. The molecule has 2 N–H and O–H groups in total. The van der Waals surface area contributed by atoms with Crippen molar-refractivity contribution in [2.24, 2.45) is 0 Å². The molecule has 2 amide bonds. The minimum atomic E-state index is -0.192. The molecule has 6 nitrogen and oxygen atoms in total. The molecule has 0 radical (unpaired) electrons. The van der Waals surface area contributed by atoms with Gasteiger partial charge in [-0.25, -0.2) is 0 Å². The molecule has 0 aliphatic carbocycles. The molecule has 186 valence electrons. The van der Waals surface area contributed by atoms with Crippen molar-refractivity contribution in [3.63, 3.8) is 0 Å². The number of ether oxygens (including phenoxy) is 1. The second kappa shape index (κ2) is 11.0. The normalized spacial score (nSPS) is 16.9. The lowest BCUT2D eigenvalue weighted by atomic mass is 9.98. The highest BCUT2D eigenvalue weighted by Gasteiger charge is 2.23. The van der Waals surface area contributed by atoms with Gasteiger partial charge in [-0.2, -0.15) is 0 Å². The highest BCUT2D eigenvalue weighted by Crippen LogP contribution is 2.30. The second-order valence-electron chi connectivity index (χ2n) is 9.52. The monoisotopic (exact) mass is 483 g/mol. The van der Waals surface area contributed by atoms with E-state index in [1.165, 1.54) is 16.7 Å². The first-order valence-corrected chi connectivity index (χ1v) is 12.9. The number of carbonyl (C=O) groups is 2. The van der Waals surface area contributed by atoms with Gasteiger partial charge >= 0.3 is 0 Å². The lowest BCUT2D eigenvalue weighted by Gasteiger charge is -2.32. The summed E-state index contributed by atoms with van der Waals surface area (Å²) in [5.41, 5.74) is 6.45. The van der Waals surface area contributed by atoms with Gasteiger partial charge in [-0.3, -0.25) is 9.59 Å². The van der Waals surface area contributed by atoms with Crippen LogP contribution in [0.5, 0.6) is 0 Å². The molecule has 5 rings (SSSR count). The Bertz CT molecular complexity index is 1230. The van der Waals surface area contributed by atoms with Crippen LogP contribution in [0.4, 0.5) is 11.4 Å². The Labute approximate surface area is 212 Å². The third kappa shape index (κ3) is 5.44. The van der Waals surface area contributed by atoms with Crippen LogP contribution in [0, 0.1) is 0 Å². The quantitative estimate of drug-likeness (QED) is 0.498. The summed E-state index contributed by atoms with van der Waals surface area (Å²) in [7, 11) is 0. The van der Waals surface area contributed by atoms with Gasteiger partial charge in [0, 0.05) is 43.2 Å². The second-order valence-corrected chi connectivity index (χ2v) is 9.52. The molecule has 1 atom stereocenters. The standard InChI is InChI=1S/C30H33N3O3/c1-2-21-9-11-23(12-10-21)29(34)32-25-13-14-28(33-16-15-22-6-3-4-7-24(22)20-33)27(18-25)30(35)31-19-26-8-5-17-36-26/h3-4,6-7,9-14,18,26H,2,5,8,15-17,19-20H2,1H3,(H,31,35)(H,32,34). The van der Waals surface area contributed by atoms with E-state index in [-0.39, 0.29) is 17.9 Å². The van der Waals surface area contributed by atoms with Gasteiger partial charge in [0.05, 0.1) is 11.7 Å². The van der Waals surface area contributed by atoms with Crippen LogP contribution < -0.4 is 15.5 Å². The number of anilines is 2. The van der Waals surface area contributed by atoms with Gasteiger partial charge in [0.25, 0.3) is 11.8 Å². The third-order valence-electron chi connectivity index (χ3n) is 7.11. The SMILES string of the molecule is CCc1ccc(C(=O)Nc2ccc(N3CCc4ccccc4C3)c(C(=O)NCC3CCCO3)c2)cc1. The van der Waals surface area contributed by atoms with Gasteiger partial charge in [0.1, 0.15) is 0 Å². The van der Waals surface area contributed by atoms with Crippen LogP contribution in [0.2, 0.25) is 0 Å². The predicted molar refractivity (Wildman–Crippen MR) is 143 cm³/mol. The molecule has 1 unspecified atom stereocenters. The number of amides is 2. The highest BCUT2D eigenvalue weighted by molar-refractivity contribution is 6.06. The number of aryl methyl sites for hydroxylation is 1. The fourth-order valence-corrected chi connectivity index (χ4v) is 4.97. The Morgan fingerprint density at radius 1 is 1.00 bits per heavy atom. The van der Waals surface area contributed by atoms with E-state index < -0.39 is 0 Å². The number of hydrogen-bond donors (Lipinski definition) is 2. The van der Waals surface area contributed by atoms with Crippen LogP contribution in [0.1, 0.15) is 57.2 Å². The Kier molecular flexibility index (Phi) is 7.33. The molecule has 36 heavy (non-hydrogen) atoms. The van der Waals surface area contributed by atoms with Gasteiger partial charge in [-0.1, -0.05) is 43.3 Å². The van der Waals surface area contributed by atoms with Crippen molar-refractivity contribution in [1.29, 1.82) is 0 Å². The zero-order chi connectivity index (χ0) is 24.9. The minimum absolute atomic E-state index is 0.0632. The van der Waals surface area contributed by atoms with Crippen LogP contribution >= 0.6 is 0 Å². The first-order chi connectivity index (χ1) is 17.6. The van der Waals surface area contributed by atoms with Crippen molar-refractivity contribution >= 4 is 23.2 Å². The van der Waals surface area contributed by atoms with Crippen LogP contribution in [0.15, 0.2) is 66.7 Å². The van der Waals surface area contributed by atoms with Crippen LogP contribution in [0.25, 0.3) is 0 Å². The predicted octanol–water partition coefficient (Wildman–Crippen LogP) is 4.97. The number of nitrogens with zero attached hydrogens (tertiary/aromatic N) is 1. The van der Waals surface area contributed by atoms with E-state index >= 15 is 0 Å². The van der Waals surface area contributed by atoms with Gasteiger partial charge < -0.3 is 20.3 Å². The summed E-state index contributed by atoms with van der Waals surface area (Å²) in [4.78, 5) is 28.5. The maximum atomic E-state index is 13.4. The van der Waals surface area contributed by atoms with Crippen LogP contribution in [0.3, 0.4) is 0 Å². The molecule has 0 bridgehead atoms. The summed E-state index contributed by atoms with van der Waals surface area (Å²) in [6, 6.07) is 21.7. The Hall–Kier alpha value is -3.64. The lowest BCUT2D eigenvalue weighted by molar-refractivity contribution is 0.0858. The van der Waals surface area contributed by atoms with Crippen molar-refractivity contribution in [1.82, 2.24) is 5.32 Å². The van der Waals surface area contributed by atoms with Crippen molar-refractivity contribution in [2.75, 3.05) is 29.9 Å². The van der Waals surface area contributed by atoms with Crippen molar-refractivity contribution in [3.8, 4) is 0 Å². The summed E-state index contributed by atoms with van der Waals surface area (Å²) in [6.07, 6.45) is 3.91. The summed E-state index contributed by atoms with van der Waals surface area (Å²) in [6.45, 7) is 4.90. The lowest BCUT2D eigenvalue weighted by Crippen LogP contribution is -2.35. The molecule has 2 aliphatic rings. The molecular weight excluding hydrogens is 450 g/mol. The fourth-order valence-electron chi connectivity index (χ4n) is 4.97. The smallest absolute Gasteiger partial charge is 0.255 e. The summed E-state index contributed by atoms with van der Waals surface area (Å²) in [5.74, 6) is -0.342. The minimum Gasteiger partial charge on any atom is -0.376 e. The average molecular weight is 484 g/mol. The number of fused-ring (bicyclic) bond motifs is 1. The van der Waals surface area contributed by atoms with Crippen LogP contribution in [-0.2, 0) is 24.1 Å². The Morgan fingerprint density at radius 2 is 1.81 bits per heavy atom. The van der Waals surface area contributed by atoms with E-state index in [4.69, 9.17) is 4.74 Å². The van der Waals surface area contributed by atoms with Gasteiger partial charge in [0.15, 0.2) is 0 Å². The molecule has 3 aromatic rings. The zero-order valence-electron chi connectivity index (χ0n) is 20.8. The van der Waals surface area contributed by atoms with Gasteiger partial charge in [-0.05, 0) is 72.7 Å².